The van der Waals surface area contributed by atoms with Crippen LogP contribution in [0, 0.1) is 0 Å². The number of alkyl halides is 1. The van der Waals surface area contributed by atoms with Crippen molar-refractivity contribution in [1.29, 1.82) is 0 Å². The number of hydrogen-bond acceptors (Lipinski definition) is 2. The minimum Gasteiger partial charge on any atom is -0.328 e. The summed E-state index contributed by atoms with van der Waals surface area (Å²) < 4.78 is 13.5. The van der Waals surface area contributed by atoms with Gasteiger partial charge in [0.15, 0.2) is 0 Å². The molecule has 14 heavy (non-hydrogen) atoms. The van der Waals surface area contributed by atoms with Crippen LogP contribution in [0.3, 0.4) is 0 Å². The molecule has 1 aromatic heterocycles. The van der Waals surface area contributed by atoms with Gasteiger partial charge < -0.3 is 5.73 Å². The van der Waals surface area contributed by atoms with Gasteiger partial charge in [-0.1, -0.05) is 6.07 Å². The molecule has 0 aromatic carbocycles. The Morgan fingerprint density at radius 2 is 2.50 bits per heavy atom. The molecule has 0 fully saturated rings. The molecular weight excluding hydrogens is 179 g/mol. The van der Waals surface area contributed by atoms with Crippen LogP contribution in [0.15, 0.2) is 18.3 Å². The first-order valence-electron chi connectivity index (χ1n) is 5.11. The van der Waals surface area contributed by atoms with Gasteiger partial charge in [-0.2, -0.15) is 0 Å². The minimum atomic E-state index is -0.941. The van der Waals surface area contributed by atoms with Crippen molar-refractivity contribution >= 4 is 0 Å². The van der Waals surface area contributed by atoms with E-state index in [0.717, 1.165) is 25.0 Å². The summed E-state index contributed by atoms with van der Waals surface area (Å²) in [5.41, 5.74) is 7.48. The average Bonchev–Trinajstić information content (AvgIpc) is 2.27. The summed E-state index contributed by atoms with van der Waals surface area (Å²) in [4.78, 5) is 4.27. The van der Waals surface area contributed by atoms with Crippen LogP contribution in [0.5, 0.6) is 0 Å². The molecular formula is C11H15FN2. The van der Waals surface area contributed by atoms with Crippen molar-refractivity contribution in [1.82, 2.24) is 4.98 Å². The number of fused-ring (bicyclic) bond motifs is 1. The van der Waals surface area contributed by atoms with Crippen molar-refractivity contribution in [3.05, 3.63) is 29.6 Å². The third-order valence-corrected chi connectivity index (χ3v) is 2.90. The lowest BCUT2D eigenvalue weighted by Crippen LogP contribution is -2.27. The van der Waals surface area contributed by atoms with Gasteiger partial charge in [-0.25, -0.2) is 4.39 Å². The predicted octanol–water partition coefficient (Wildman–Crippen LogP) is 1.80. The topological polar surface area (TPSA) is 38.9 Å². The maximum absolute atomic E-state index is 13.5. The van der Waals surface area contributed by atoms with Crippen LogP contribution in [0.25, 0.3) is 0 Å². The molecule has 0 aliphatic heterocycles. The molecule has 0 radical (unpaired) electrons. The molecule has 2 rings (SSSR count). The zero-order chi connectivity index (χ0) is 9.97. The zero-order valence-corrected chi connectivity index (χ0v) is 8.12. The van der Waals surface area contributed by atoms with E-state index in [-0.39, 0.29) is 12.5 Å². The highest BCUT2D eigenvalue weighted by Crippen LogP contribution is 2.33. The first-order chi connectivity index (χ1) is 6.83. The van der Waals surface area contributed by atoms with Gasteiger partial charge in [0.05, 0.1) is 0 Å². The van der Waals surface area contributed by atoms with Gasteiger partial charge in [0.25, 0.3) is 0 Å². The Bertz CT molecular complexity index is 314. The summed E-state index contributed by atoms with van der Waals surface area (Å²) in [5.74, 6) is -0.0788. The number of hydrogen-bond donors (Lipinski definition) is 1. The third kappa shape index (κ3) is 1.64. The van der Waals surface area contributed by atoms with Crippen LogP contribution >= 0.6 is 0 Å². The van der Waals surface area contributed by atoms with E-state index in [1.165, 1.54) is 5.56 Å². The summed E-state index contributed by atoms with van der Waals surface area (Å²) >= 11 is 0. The number of aryl methyl sites for hydroxylation is 1. The number of halogens is 1. The lowest BCUT2D eigenvalue weighted by Gasteiger charge is -2.26. The lowest BCUT2D eigenvalue weighted by atomic mass is 9.84. The molecule has 0 bridgehead atoms. The van der Waals surface area contributed by atoms with Gasteiger partial charge >= 0.3 is 0 Å². The van der Waals surface area contributed by atoms with Gasteiger partial charge in [0.2, 0.25) is 0 Å². The number of rotatable bonds is 2. The molecule has 0 saturated carbocycles. The van der Waals surface area contributed by atoms with E-state index in [4.69, 9.17) is 5.73 Å². The Morgan fingerprint density at radius 3 is 3.29 bits per heavy atom. The Morgan fingerprint density at radius 1 is 1.64 bits per heavy atom. The van der Waals surface area contributed by atoms with Crippen molar-refractivity contribution in [2.24, 2.45) is 5.73 Å². The Kier molecular flexibility index (Phi) is 2.77. The summed E-state index contributed by atoms with van der Waals surface area (Å²) in [5, 5.41) is 0. The van der Waals surface area contributed by atoms with Crippen molar-refractivity contribution < 1.29 is 4.39 Å². The molecule has 1 aliphatic rings. The largest absolute Gasteiger partial charge is 0.328 e. The van der Waals surface area contributed by atoms with Gasteiger partial charge in [-0.15, -0.1) is 0 Å². The molecule has 76 valence electrons. The normalized spacial score (nSPS) is 22.9. The second kappa shape index (κ2) is 4.05. The van der Waals surface area contributed by atoms with E-state index in [9.17, 15) is 4.39 Å². The van der Waals surface area contributed by atoms with Crippen molar-refractivity contribution in [2.75, 3.05) is 6.54 Å². The first-order valence-corrected chi connectivity index (χ1v) is 5.11. The van der Waals surface area contributed by atoms with Crippen LogP contribution < -0.4 is 5.73 Å². The minimum absolute atomic E-state index is 0.0788. The second-order valence-electron chi connectivity index (χ2n) is 3.80. The SMILES string of the molecule is NCC(F)C1CCCc2cccnc21. The van der Waals surface area contributed by atoms with Gasteiger partial charge in [0, 0.05) is 24.4 Å². The molecule has 0 saturated heterocycles. The maximum atomic E-state index is 13.5. The molecule has 2 atom stereocenters. The van der Waals surface area contributed by atoms with Crippen LogP contribution in [0.1, 0.15) is 30.0 Å². The van der Waals surface area contributed by atoms with E-state index < -0.39 is 6.17 Å². The monoisotopic (exact) mass is 194 g/mol. The van der Waals surface area contributed by atoms with Crippen LogP contribution in [0.4, 0.5) is 4.39 Å². The molecule has 2 N–H and O–H groups in total. The number of nitrogens with two attached hydrogens (primary N) is 1. The van der Waals surface area contributed by atoms with Crippen LogP contribution in [-0.2, 0) is 6.42 Å². The third-order valence-electron chi connectivity index (χ3n) is 2.90. The smallest absolute Gasteiger partial charge is 0.121 e. The summed E-state index contributed by atoms with van der Waals surface area (Å²) in [6, 6.07) is 3.95. The second-order valence-corrected chi connectivity index (χ2v) is 3.80. The van der Waals surface area contributed by atoms with E-state index in [0.29, 0.717) is 0 Å². The van der Waals surface area contributed by atoms with Crippen molar-refractivity contribution in [3.8, 4) is 0 Å². The molecule has 0 amide bonds. The molecule has 0 spiro atoms. The fraction of sp³-hybridized carbons (Fsp3) is 0.545. The molecule has 2 unspecified atom stereocenters. The zero-order valence-electron chi connectivity index (χ0n) is 8.12. The highest BCUT2D eigenvalue weighted by atomic mass is 19.1. The number of nitrogens with zero attached hydrogens (tertiary/aromatic N) is 1. The predicted molar refractivity (Wildman–Crippen MR) is 53.9 cm³/mol. The standard InChI is InChI=1S/C11H15FN2/c12-10(7-13)9-5-1-3-8-4-2-6-14-11(8)9/h2,4,6,9-10H,1,3,5,7,13H2. The van der Waals surface area contributed by atoms with E-state index in [1.54, 1.807) is 6.20 Å². The van der Waals surface area contributed by atoms with E-state index in [2.05, 4.69) is 4.98 Å². The summed E-state index contributed by atoms with van der Waals surface area (Å²) in [7, 11) is 0. The maximum Gasteiger partial charge on any atom is 0.121 e. The number of aromatic nitrogens is 1. The van der Waals surface area contributed by atoms with Crippen LogP contribution in [0.2, 0.25) is 0 Å². The Balaban J connectivity index is 2.30. The molecule has 1 aliphatic carbocycles. The van der Waals surface area contributed by atoms with Crippen LogP contribution in [-0.4, -0.2) is 17.7 Å². The fourth-order valence-corrected chi connectivity index (χ4v) is 2.16. The fourth-order valence-electron chi connectivity index (χ4n) is 2.16. The molecule has 1 heterocycles. The summed E-state index contributed by atoms with van der Waals surface area (Å²) in [6.45, 7) is 0.0979. The first kappa shape index (κ1) is 9.59. The molecule has 3 heteroatoms. The van der Waals surface area contributed by atoms with Crippen molar-refractivity contribution in [3.63, 3.8) is 0 Å². The average molecular weight is 194 g/mol. The Hall–Kier alpha value is -0.960. The quantitative estimate of drug-likeness (QED) is 0.779. The van der Waals surface area contributed by atoms with Gasteiger partial charge in [-0.3, -0.25) is 4.98 Å². The molecule has 2 nitrogen and oxygen atoms in total. The van der Waals surface area contributed by atoms with Crippen molar-refractivity contribution in [2.45, 2.75) is 31.4 Å². The van der Waals surface area contributed by atoms with Gasteiger partial charge in [-0.05, 0) is 30.9 Å². The number of pyridine rings is 1. The lowest BCUT2D eigenvalue weighted by molar-refractivity contribution is 0.265. The van der Waals surface area contributed by atoms with E-state index in [1.807, 2.05) is 12.1 Å². The summed E-state index contributed by atoms with van der Waals surface area (Å²) in [6.07, 6.45) is 3.74. The highest BCUT2D eigenvalue weighted by Gasteiger charge is 2.27. The molecule has 1 aromatic rings. The Labute approximate surface area is 83.3 Å². The van der Waals surface area contributed by atoms with E-state index >= 15 is 0 Å². The van der Waals surface area contributed by atoms with Gasteiger partial charge in [0.1, 0.15) is 6.17 Å². The highest BCUT2D eigenvalue weighted by molar-refractivity contribution is 5.26.